The molecule has 10 nitrogen and oxygen atoms in total. The molecule has 0 aliphatic carbocycles. The summed E-state index contributed by atoms with van der Waals surface area (Å²) < 4.78 is 0. The fourth-order valence-electron chi connectivity index (χ4n) is 4.78. The van der Waals surface area contributed by atoms with Crippen molar-refractivity contribution in [3.63, 3.8) is 0 Å². The molecule has 4 aromatic carbocycles. The van der Waals surface area contributed by atoms with E-state index < -0.39 is 23.9 Å². The summed E-state index contributed by atoms with van der Waals surface area (Å²) in [6.07, 6.45) is 13.5. The van der Waals surface area contributed by atoms with Gasteiger partial charge in [0.2, 0.25) is 0 Å². The van der Waals surface area contributed by atoms with Crippen LogP contribution < -0.4 is 0 Å². The zero-order valence-corrected chi connectivity index (χ0v) is 26.2. The first-order valence-corrected chi connectivity index (χ1v) is 15.0. The molecule has 246 valence electrons. The number of aromatic nitrogens is 2. The molecule has 0 aliphatic rings. The molecular formula is C40H28N2O8. The molecule has 0 aliphatic heterocycles. The molecule has 0 radical (unpaired) electrons. The average Bonchev–Trinajstić information content (AvgIpc) is 3.12. The van der Waals surface area contributed by atoms with Gasteiger partial charge in [0.15, 0.2) is 0 Å². The van der Waals surface area contributed by atoms with Crippen LogP contribution in [0.3, 0.4) is 0 Å². The lowest BCUT2D eigenvalue weighted by molar-refractivity contribution is 0.0686. The van der Waals surface area contributed by atoms with E-state index in [1.54, 1.807) is 97.1 Å². The minimum atomic E-state index is -1.07. The molecule has 10 heteroatoms. The normalized spacial score (nSPS) is 11.5. The molecule has 50 heavy (non-hydrogen) atoms. The number of carbonyl (C=O) groups is 4. The van der Waals surface area contributed by atoms with Crippen molar-refractivity contribution in [3.05, 3.63) is 164 Å². The lowest BCUT2D eigenvalue weighted by Crippen LogP contribution is -2.00. The van der Waals surface area contributed by atoms with Gasteiger partial charge in [0.05, 0.1) is 45.0 Å². The number of benzene rings is 4. The van der Waals surface area contributed by atoms with E-state index in [1.165, 1.54) is 48.5 Å². The molecular weight excluding hydrogens is 636 g/mol. The fraction of sp³-hybridized carbons (Fsp3) is 0. The monoisotopic (exact) mass is 664 g/mol. The second kappa shape index (κ2) is 15.6. The zero-order valence-electron chi connectivity index (χ0n) is 26.2. The predicted octanol–water partition coefficient (Wildman–Crippen LogP) is 7.95. The largest absolute Gasteiger partial charge is 0.478 e. The number of carboxylic acids is 4. The maximum Gasteiger partial charge on any atom is 0.335 e. The lowest BCUT2D eigenvalue weighted by Gasteiger charge is -2.08. The molecule has 0 spiro atoms. The third-order valence-corrected chi connectivity index (χ3v) is 7.28. The van der Waals surface area contributed by atoms with Crippen LogP contribution in [-0.4, -0.2) is 54.3 Å². The average molecular weight is 665 g/mol. The SMILES string of the molecule is O=C(O)c1cccc(C=Cc2nc(C=Cc3cccc(C(=O)O)c3)c(C=Cc3cccc(C(=O)O)c3)nc2C=Cc2cccc(C(=O)O)c2)c1. The number of carboxylic acid groups (broad SMARTS) is 4. The van der Waals surface area contributed by atoms with Gasteiger partial charge < -0.3 is 20.4 Å². The van der Waals surface area contributed by atoms with Crippen LogP contribution in [0.15, 0.2) is 97.1 Å². The number of hydrogen-bond acceptors (Lipinski definition) is 6. The first-order chi connectivity index (χ1) is 24.0. The smallest absolute Gasteiger partial charge is 0.335 e. The first-order valence-electron chi connectivity index (χ1n) is 15.0. The van der Waals surface area contributed by atoms with Crippen molar-refractivity contribution in [1.82, 2.24) is 9.97 Å². The van der Waals surface area contributed by atoms with Crippen LogP contribution in [0, 0.1) is 0 Å². The van der Waals surface area contributed by atoms with E-state index in [9.17, 15) is 39.6 Å². The standard InChI is InChI=1S/C40H28N2O8/c43-37(44)29-9-1-5-25(21-29)13-17-33-34(18-14-26-6-2-10-30(22-26)38(45)46)42-36(20-16-28-8-4-12-32(24-28)40(49)50)35(41-33)19-15-27-7-3-11-31(23-27)39(47)48/h1-24H,(H,43,44)(H,45,46)(H,47,48)(H,49,50). The van der Waals surface area contributed by atoms with E-state index in [-0.39, 0.29) is 22.3 Å². The van der Waals surface area contributed by atoms with Gasteiger partial charge in [-0.05, 0) is 95.1 Å². The van der Waals surface area contributed by atoms with E-state index in [0.29, 0.717) is 45.0 Å². The van der Waals surface area contributed by atoms with Gasteiger partial charge >= 0.3 is 23.9 Å². The Labute approximate surface area is 286 Å². The predicted molar refractivity (Wildman–Crippen MR) is 191 cm³/mol. The molecule has 4 N–H and O–H groups in total. The van der Waals surface area contributed by atoms with Gasteiger partial charge in [-0.1, -0.05) is 72.8 Å². The minimum absolute atomic E-state index is 0.108. The van der Waals surface area contributed by atoms with E-state index in [2.05, 4.69) is 0 Å². The molecule has 0 amide bonds. The van der Waals surface area contributed by atoms with Crippen LogP contribution in [-0.2, 0) is 0 Å². The van der Waals surface area contributed by atoms with Gasteiger partial charge in [-0.15, -0.1) is 0 Å². The first kappa shape index (κ1) is 34.1. The molecule has 5 rings (SSSR count). The van der Waals surface area contributed by atoms with E-state index in [4.69, 9.17) is 9.97 Å². The molecule has 5 aromatic rings. The number of rotatable bonds is 12. The highest BCUT2D eigenvalue weighted by Crippen LogP contribution is 2.21. The Morgan fingerprint density at radius 1 is 0.360 bits per heavy atom. The summed E-state index contributed by atoms with van der Waals surface area (Å²) in [5.41, 5.74) is 4.38. The van der Waals surface area contributed by atoms with Gasteiger partial charge in [0.1, 0.15) is 0 Å². The Balaban J connectivity index is 1.66. The molecule has 1 heterocycles. The van der Waals surface area contributed by atoms with Gasteiger partial charge in [0, 0.05) is 0 Å². The lowest BCUT2D eigenvalue weighted by atomic mass is 10.1. The Morgan fingerprint density at radius 2 is 0.580 bits per heavy atom. The maximum absolute atomic E-state index is 11.5. The number of aromatic carboxylic acids is 4. The van der Waals surface area contributed by atoms with Crippen molar-refractivity contribution < 1.29 is 39.6 Å². The van der Waals surface area contributed by atoms with Crippen LogP contribution in [0.25, 0.3) is 48.6 Å². The van der Waals surface area contributed by atoms with Crippen LogP contribution in [0.1, 0.15) is 86.5 Å². The number of nitrogens with zero attached hydrogens (tertiary/aromatic N) is 2. The summed E-state index contributed by atoms with van der Waals surface area (Å²) in [5.74, 6) is -4.29. The molecule has 0 saturated carbocycles. The Kier molecular flexibility index (Phi) is 10.6. The van der Waals surface area contributed by atoms with Crippen molar-refractivity contribution >= 4 is 72.5 Å². The maximum atomic E-state index is 11.5. The summed E-state index contributed by atoms with van der Waals surface area (Å²) in [7, 11) is 0. The second-order valence-corrected chi connectivity index (χ2v) is 10.8. The highest BCUT2D eigenvalue weighted by molar-refractivity contribution is 5.91. The molecule has 0 bridgehead atoms. The Morgan fingerprint density at radius 3 is 0.780 bits per heavy atom. The molecule has 0 atom stereocenters. The van der Waals surface area contributed by atoms with Gasteiger partial charge in [-0.3, -0.25) is 0 Å². The highest BCUT2D eigenvalue weighted by Gasteiger charge is 2.10. The molecule has 0 unspecified atom stereocenters. The summed E-state index contributed by atoms with van der Waals surface area (Å²) in [5, 5.41) is 37.8. The fourth-order valence-corrected chi connectivity index (χ4v) is 4.78. The summed E-state index contributed by atoms with van der Waals surface area (Å²) in [6.45, 7) is 0. The Bertz CT molecular complexity index is 1940. The van der Waals surface area contributed by atoms with Crippen LogP contribution in [0.4, 0.5) is 0 Å². The number of hydrogen-bond donors (Lipinski definition) is 4. The van der Waals surface area contributed by atoms with Crippen molar-refractivity contribution in [1.29, 1.82) is 0 Å². The van der Waals surface area contributed by atoms with Gasteiger partial charge in [-0.2, -0.15) is 0 Å². The second-order valence-electron chi connectivity index (χ2n) is 10.8. The summed E-state index contributed by atoms with van der Waals surface area (Å²) in [6, 6.07) is 25.4. The van der Waals surface area contributed by atoms with Crippen LogP contribution in [0.2, 0.25) is 0 Å². The van der Waals surface area contributed by atoms with Gasteiger partial charge in [-0.25, -0.2) is 29.1 Å². The quantitative estimate of drug-likeness (QED) is 0.102. The summed E-state index contributed by atoms with van der Waals surface area (Å²) >= 11 is 0. The van der Waals surface area contributed by atoms with Crippen molar-refractivity contribution in [2.24, 2.45) is 0 Å². The van der Waals surface area contributed by atoms with Crippen molar-refractivity contribution in [2.45, 2.75) is 0 Å². The molecule has 0 fully saturated rings. The van der Waals surface area contributed by atoms with Crippen molar-refractivity contribution in [3.8, 4) is 0 Å². The summed E-state index contributed by atoms with van der Waals surface area (Å²) in [4.78, 5) is 55.9. The third kappa shape index (κ3) is 8.99. The van der Waals surface area contributed by atoms with E-state index in [0.717, 1.165) is 0 Å². The van der Waals surface area contributed by atoms with E-state index >= 15 is 0 Å². The molecule has 0 saturated heterocycles. The minimum Gasteiger partial charge on any atom is -0.478 e. The third-order valence-electron chi connectivity index (χ3n) is 7.28. The van der Waals surface area contributed by atoms with E-state index in [1.807, 2.05) is 0 Å². The topological polar surface area (TPSA) is 175 Å². The Hall–Kier alpha value is -7.20. The molecule has 1 aromatic heterocycles. The highest BCUT2D eigenvalue weighted by atomic mass is 16.4. The van der Waals surface area contributed by atoms with Crippen LogP contribution >= 0.6 is 0 Å². The zero-order chi connectivity index (χ0) is 35.6. The van der Waals surface area contributed by atoms with Gasteiger partial charge in [0.25, 0.3) is 0 Å². The van der Waals surface area contributed by atoms with Crippen molar-refractivity contribution in [2.75, 3.05) is 0 Å². The van der Waals surface area contributed by atoms with Crippen LogP contribution in [0.5, 0.6) is 0 Å².